The number of rotatable bonds is 13. The van der Waals surface area contributed by atoms with Crippen molar-refractivity contribution in [1.82, 2.24) is 10.6 Å². The van der Waals surface area contributed by atoms with Gasteiger partial charge in [-0.2, -0.15) is 0 Å². The van der Waals surface area contributed by atoms with Gasteiger partial charge in [0.2, 0.25) is 11.8 Å². The minimum Gasteiger partial charge on any atom is -0.481 e. The van der Waals surface area contributed by atoms with Crippen molar-refractivity contribution in [3.8, 4) is 0 Å². The van der Waals surface area contributed by atoms with Crippen LogP contribution in [0.15, 0.2) is 0 Å². The maximum atomic E-state index is 11.8. The Balaban J connectivity index is 3.88. The molecule has 2 atom stereocenters. The number of amides is 2. The van der Waals surface area contributed by atoms with Crippen LogP contribution in [0.25, 0.3) is 0 Å². The highest BCUT2D eigenvalue weighted by molar-refractivity contribution is 5.79. The van der Waals surface area contributed by atoms with Crippen molar-refractivity contribution in [2.75, 3.05) is 6.54 Å². The van der Waals surface area contributed by atoms with Crippen LogP contribution in [-0.2, 0) is 14.4 Å². The lowest BCUT2D eigenvalue weighted by Gasteiger charge is -2.16. The summed E-state index contributed by atoms with van der Waals surface area (Å²) in [5.74, 6) is -1.20. The summed E-state index contributed by atoms with van der Waals surface area (Å²) >= 11 is 0. The number of hydrogen-bond acceptors (Lipinski definition) is 3. The summed E-state index contributed by atoms with van der Waals surface area (Å²) in [6.07, 6.45) is 4.93. The van der Waals surface area contributed by atoms with Gasteiger partial charge in [-0.3, -0.25) is 14.4 Å². The molecule has 0 rings (SSSR count). The van der Waals surface area contributed by atoms with Crippen LogP contribution in [0.4, 0.5) is 0 Å². The first-order valence-corrected chi connectivity index (χ1v) is 9.06. The first kappa shape index (κ1) is 22.4. The van der Waals surface area contributed by atoms with Crippen LogP contribution in [0, 0.1) is 11.8 Å². The molecule has 0 aliphatic rings. The number of aliphatic carboxylic acids is 1. The highest BCUT2D eigenvalue weighted by Crippen LogP contribution is 2.16. The van der Waals surface area contributed by atoms with Crippen molar-refractivity contribution in [1.29, 1.82) is 0 Å². The van der Waals surface area contributed by atoms with Crippen LogP contribution in [0.2, 0.25) is 0 Å². The lowest BCUT2D eigenvalue weighted by atomic mass is 9.91. The summed E-state index contributed by atoms with van der Waals surface area (Å²) in [6, 6.07) is -0.193. The van der Waals surface area contributed by atoms with E-state index in [1.807, 2.05) is 20.8 Å². The predicted octanol–water partition coefficient (Wildman–Crippen LogP) is 2.71. The molecule has 0 aromatic carbocycles. The lowest BCUT2D eigenvalue weighted by Crippen LogP contribution is -2.37. The summed E-state index contributed by atoms with van der Waals surface area (Å²) in [6.45, 7) is 8.15. The monoisotopic (exact) mass is 342 g/mol. The largest absolute Gasteiger partial charge is 0.481 e. The molecule has 3 N–H and O–H groups in total. The Kier molecular flexibility index (Phi) is 11.9. The van der Waals surface area contributed by atoms with E-state index in [2.05, 4.69) is 17.6 Å². The molecule has 0 bridgehead atoms. The van der Waals surface area contributed by atoms with E-state index in [-0.39, 0.29) is 36.1 Å². The minimum absolute atomic E-state index is 0.00927. The second kappa shape index (κ2) is 12.8. The molecule has 140 valence electrons. The number of hydrogen-bond donors (Lipinski definition) is 3. The van der Waals surface area contributed by atoms with E-state index >= 15 is 0 Å². The molecule has 2 unspecified atom stereocenters. The molecule has 0 heterocycles. The molecule has 6 nitrogen and oxygen atoms in total. The zero-order valence-corrected chi connectivity index (χ0v) is 15.6. The van der Waals surface area contributed by atoms with Gasteiger partial charge in [0.05, 0.1) is 5.92 Å². The fourth-order valence-corrected chi connectivity index (χ4v) is 2.58. The molecular formula is C18H34N2O4. The van der Waals surface area contributed by atoms with E-state index in [9.17, 15) is 14.4 Å². The molecule has 0 aromatic rings. The van der Waals surface area contributed by atoms with Gasteiger partial charge in [0.15, 0.2) is 0 Å². The first-order chi connectivity index (χ1) is 11.3. The molecule has 0 radical (unpaired) electrons. The summed E-state index contributed by atoms with van der Waals surface area (Å²) in [5, 5.41) is 14.7. The Morgan fingerprint density at radius 1 is 1.00 bits per heavy atom. The Morgan fingerprint density at radius 3 is 2.21 bits per heavy atom. The Morgan fingerprint density at radius 2 is 1.67 bits per heavy atom. The van der Waals surface area contributed by atoms with Crippen molar-refractivity contribution in [3.63, 3.8) is 0 Å². The lowest BCUT2D eigenvalue weighted by molar-refractivity contribution is -0.143. The predicted molar refractivity (Wildman–Crippen MR) is 94.6 cm³/mol. The van der Waals surface area contributed by atoms with Crippen LogP contribution in [0.5, 0.6) is 0 Å². The molecule has 2 amide bonds. The molecule has 0 saturated carbocycles. The maximum absolute atomic E-state index is 11.8. The third-order valence-corrected chi connectivity index (χ3v) is 4.04. The topological polar surface area (TPSA) is 95.5 Å². The molecular weight excluding hydrogens is 308 g/mol. The molecule has 0 saturated heterocycles. The van der Waals surface area contributed by atoms with Gasteiger partial charge in [-0.05, 0) is 32.1 Å². The summed E-state index contributed by atoms with van der Waals surface area (Å²) in [7, 11) is 0. The maximum Gasteiger partial charge on any atom is 0.306 e. The van der Waals surface area contributed by atoms with Gasteiger partial charge in [-0.15, -0.1) is 0 Å². The number of carboxylic acids is 1. The molecule has 0 aliphatic heterocycles. The fourth-order valence-electron chi connectivity index (χ4n) is 2.58. The van der Waals surface area contributed by atoms with Gasteiger partial charge in [-0.25, -0.2) is 0 Å². The van der Waals surface area contributed by atoms with Crippen LogP contribution in [-0.4, -0.2) is 35.5 Å². The Labute approximate surface area is 145 Å². The molecule has 24 heavy (non-hydrogen) atoms. The fraction of sp³-hybridized carbons (Fsp3) is 0.833. The van der Waals surface area contributed by atoms with E-state index in [0.717, 1.165) is 19.3 Å². The zero-order chi connectivity index (χ0) is 18.5. The van der Waals surface area contributed by atoms with Gasteiger partial charge in [-0.1, -0.05) is 33.6 Å². The van der Waals surface area contributed by atoms with Crippen LogP contribution >= 0.6 is 0 Å². The second-order valence-electron chi connectivity index (χ2n) is 6.81. The first-order valence-electron chi connectivity index (χ1n) is 9.06. The van der Waals surface area contributed by atoms with Gasteiger partial charge in [0, 0.05) is 25.4 Å². The van der Waals surface area contributed by atoms with Gasteiger partial charge in [0.1, 0.15) is 0 Å². The van der Waals surface area contributed by atoms with E-state index in [1.54, 1.807) is 0 Å². The van der Waals surface area contributed by atoms with E-state index < -0.39 is 5.97 Å². The molecule has 6 heteroatoms. The normalized spacial score (nSPS) is 13.4. The number of carbonyl (C=O) groups is 3. The smallest absolute Gasteiger partial charge is 0.306 e. The number of unbranched alkanes of at least 4 members (excludes halogenated alkanes) is 2. The standard InChI is InChI=1S/C18H34N2O4/c1-5-6-7-10-16(21)20-14(4)12-17(22)19-11-8-9-15(13(2)3)18(23)24/h13-15H,5-12H2,1-4H3,(H,19,22)(H,20,21)(H,23,24). The van der Waals surface area contributed by atoms with Crippen molar-refractivity contribution in [3.05, 3.63) is 0 Å². The van der Waals surface area contributed by atoms with E-state index in [0.29, 0.717) is 25.8 Å². The van der Waals surface area contributed by atoms with Crippen LogP contribution in [0.3, 0.4) is 0 Å². The second-order valence-corrected chi connectivity index (χ2v) is 6.81. The molecule has 0 aromatic heterocycles. The molecule has 0 spiro atoms. The van der Waals surface area contributed by atoms with Crippen molar-refractivity contribution >= 4 is 17.8 Å². The quantitative estimate of drug-likeness (QED) is 0.448. The molecule has 0 fully saturated rings. The summed E-state index contributed by atoms with van der Waals surface area (Å²) in [4.78, 5) is 34.6. The van der Waals surface area contributed by atoms with E-state index in [1.165, 1.54) is 0 Å². The van der Waals surface area contributed by atoms with Gasteiger partial charge in [0.25, 0.3) is 0 Å². The highest BCUT2D eigenvalue weighted by Gasteiger charge is 2.20. The average Bonchev–Trinajstić information content (AvgIpc) is 2.46. The van der Waals surface area contributed by atoms with Crippen molar-refractivity contribution < 1.29 is 19.5 Å². The third-order valence-electron chi connectivity index (χ3n) is 4.04. The Hall–Kier alpha value is -1.59. The average molecular weight is 342 g/mol. The van der Waals surface area contributed by atoms with Gasteiger partial charge >= 0.3 is 5.97 Å². The zero-order valence-electron chi connectivity index (χ0n) is 15.6. The van der Waals surface area contributed by atoms with Crippen LogP contribution < -0.4 is 10.6 Å². The summed E-state index contributed by atoms with van der Waals surface area (Å²) in [5.41, 5.74) is 0. The van der Waals surface area contributed by atoms with Crippen molar-refractivity contribution in [2.45, 2.75) is 78.7 Å². The third kappa shape index (κ3) is 11.0. The SMILES string of the molecule is CCCCCC(=O)NC(C)CC(=O)NCCCC(C(=O)O)C(C)C. The number of carbonyl (C=O) groups excluding carboxylic acids is 2. The Bertz CT molecular complexity index is 396. The van der Waals surface area contributed by atoms with Crippen LogP contribution in [0.1, 0.15) is 72.6 Å². The van der Waals surface area contributed by atoms with Crippen molar-refractivity contribution in [2.24, 2.45) is 11.8 Å². The number of nitrogens with one attached hydrogen (secondary N) is 2. The number of carboxylic acid groups (broad SMARTS) is 1. The summed E-state index contributed by atoms with van der Waals surface area (Å²) < 4.78 is 0. The van der Waals surface area contributed by atoms with Gasteiger partial charge < -0.3 is 15.7 Å². The molecule has 0 aliphatic carbocycles. The van der Waals surface area contributed by atoms with E-state index in [4.69, 9.17) is 5.11 Å². The highest BCUT2D eigenvalue weighted by atomic mass is 16.4. The minimum atomic E-state index is -0.782.